The zero-order valence-corrected chi connectivity index (χ0v) is 13.2. The first-order chi connectivity index (χ1) is 9.71. The van der Waals surface area contributed by atoms with Gasteiger partial charge in [0.15, 0.2) is 0 Å². The maximum absolute atomic E-state index is 12.7. The summed E-state index contributed by atoms with van der Waals surface area (Å²) in [5, 5.41) is 3.57. The molecule has 0 saturated carbocycles. The van der Waals surface area contributed by atoms with E-state index < -0.39 is 0 Å². The van der Waals surface area contributed by atoms with Crippen LogP contribution in [0.5, 0.6) is 0 Å². The third-order valence-electron chi connectivity index (χ3n) is 4.97. The van der Waals surface area contributed by atoms with Crippen LogP contribution in [0.15, 0.2) is 0 Å². The highest BCUT2D eigenvalue weighted by Crippen LogP contribution is 2.28. The fraction of sp³-hybridized carbons (Fsp3) is 0.938. The smallest absolute Gasteiger partial charge is 0.228 e. The standard InChI is InChI=1S/C16H30N2O2/c1-4-12-11-18(9-7-14(12)17-6-3)16(19)13-8-10-20-15(13)5-2/h12-15,17H,4-11H2,1-3H3. The van der Waals surface area contributed by atoms with Crippen LogP contribution in [0.3, 0.4) is 0 Å². The normalized spacial score (nSPS) is 34.5. The van der Waals surface area contributed by atoms with Crippen molar-refractivity contribution in [3.05, 3.63) is 0 Å². The van der Waals surface area contributed by atoms with Crippen LogP contribution < -0.4 is 5.32 Å². The number of carbonyl (C=O) groups is 1. The maximum Gasteiger partial charge on any atom is 0.228 e. The Morgan fingerprint density at radius 1 is 1.25 bits per heavy atom. The molecule has 20 heavy (non-hydrogen) atoms. The lowest BCUT2D eigenvalue weighted by Gasteiger charge is -2.40. The van der Waals surface area contributed by atoms with E-state index in [0.29, 0.717) is 17.9 Å². The molecule has 0 aromatic heterocycles. The highest BCUT2D eigenvalue weighted by Gasteiger charge is 2.38. The van der Waals surface area contributed by atoms with E-state index in [1.165, 1.54) is 0 Å². The molecule has 4 nitrogen and oxygen atoms in total. The average molecular weight is 282 g/mol. The average Bonchev–Trinajstić information content (AvgIpc) is 2.95. The van der Waals surface area contributed by atoms with Crippen LogP contribution in [-0.4, -0.2) is 49.2 Å². The van der Waals surface area contributed by atoms with Gasteiger partial charge in [0, 0.05) is 25.7 Å². The molecule has 0 aromatic rings. The van der Waals surface area contributed by atoms with Crippen LogP contribution in [0.25, 0.3) is 0 Å². The SMILES string of the molecule is CCNC1CCN(C(=O)C2CCOC2CC)CC1CC. The Bertz CT molecular complexity index is 322. The highest BCUT2D eigenvalue weighted by atomic mass is 16.5. The van der Waals surface area contributed by atoms with E-state index in [-0.39, 0.29) is 12.0 Å². The fourth-order valence-corrected chi connectivity index (χ4v) is 3.74. The molecule has 0 aliphatic carbocycles. The molecule has 2 saturated heterocycles. The van der Waals surface area contributed by atoms with E-state index in [1.807, 2.05) is 0 Å². The van der Waals surface area contributed by atoms with Crippen molar-refractivity contribution in [3.8, 4) is 0 Å². The number of rotatable bonds is 5. The summed E-state index contributed by atoms with van der Waals surface area (Å²) in [6.07, 6.45) is 4.22. The summed E-state index contributed by atoms with van der Waals surface area (Å²) < 4.78 is 5.68. The lowest BCUT2D eigenvalue weighted by Crippen LogP contribution is -2.52. The minimum atomic E-state index is 0.105. The van der Waals surface area contributed by atoms with Gasteiger partial charge in [-0.25, -0.2) is 0 Å². The Morgan fingerprint density at radius 2 is 2.05 bits per heavy atom. The molecule has 2 fully saturated rings. The molecule has 1 N–H and O–H groups in total. The van der Waals surface area contributed by atoms with E-state index in [2.05, 4.69) is 31.0 Å². The number of ether oxygens (including phenoxy) is 1. The Labute approximate surface area is 123 Å². The predicted molar refractivity (Wildman–Crippen MR) is 80.6 cm³/mol. The zero-order chi connectivity index (χ0) is 14.5. The van der Waals surface area contributed by atoms with Gasteiger partial charge in [0.25, 0.3) is 0 Å². The van der Waals surface area contributed by atoms with Gasteiger partial charge >= 0.3 is 0 Å². The lowest BCUT2D eigenvalue weighted by atomic mass is 9.88. The molecule has 4 heteroatoms. The van der Waals surface area contributed by atoms with Gasteiger partial charge in [0.2, 0.25) is 5.91 Å². The molecule has 4 unspecified atom stereocenters. The monoisotopic (exact) mass is 282 g/mol. The molecule has 2 aliphatic rings. The summed E-state index contributed by atoms with van der Waals surface area (Å²) >= 11 is 0. The van der Waals surface area contributed by atoms with Crippen LogP contribution >= 0.6 is 0 Å². The number of piperidine rings is 1. The van der Waals surface area contributed by atoms with Gasteiger partial charge in [0.05, 0.1) is 12.0 Å². The predicted octanol–water partition coefficient (Wildman–Crippen LogP) is 2.04. The van der Waals surface area contributed by atoms with Crippen molar-refractivity contribution < 1.29 is 9.53 Å². The second-order valence-corrected chi connectivity index (χ2v) is 6.12. The van der Waals surface area contributed by atoms with Crippen LogP contribution in [-0.2, 0) is 9.53 Å². The lowest BCUT2D eigenvalue weighted by molar-refractivity contribution is -0.139. The van der Waals surface area contributed by atoms with E-state index in [4.69, 9.17) is 4.74 Å². The molecule has 2 heterocycles. The van der Waals surface area contributed by atoms with Crippen LogP contribution in [0.2, 0.25) is 0 Å². The summed E-state index contributed by atoms with van der Waals surface area (Å²) in [5.41, 5.74) is 0. The van der Waals surface area contributed by atoms with Crippen molar-refractivity contribution in [1.82, 2.24) is 10.2 Å². The van der Waals surface area contributed by atoms with Crippen molar-refractivity contribution in [1.29, 1.82) is 0 Å². The quantitative estimate of drug-likeness (QED) is 0.839. The number of carbonyl (C=O) groups excluding carboxylic acids is 1. The number of nitrogens with zero attached hydrogens (tertiary/aromatic N) is 1. The third-order valence-corrected chi connectivity index (χ3v) is 4.97. The second-order valence-electron chi connectivity index (χ2n) is 6.12. The number of amides is 1. The molecule has 2 rings (SSSR count). The highest BCUT2D eigenvalue weighted by molar-refractivity contribution is 5.79. The number of nitrogens with one attached hydrogen (secondary N) is 1. The number of hydrogen-bond donors (Lipinski definition) is 1. The van der Waals surface area contributed by atoms with E-state index in [1.54, 1.807) is 0 Å². The molecular weight excluding hydrogens is 252 g/mol. The van der Waals surface area contributed by atoms with Crippen molar-refractivity contribution in [2.75, 3.05) is 26.2 Å². The zero-order valence-electron chi connectivity index (χ0n) is 13.2. The van der Waals surface area contributed by atoms with Crippen molar-refractivity contribution in [2.45, 2.75) is 58.6 Å². The topological polar surface area (TPSA) is 41.6 Å². The molecular formula is C16H30N2O2. The molecule has 0 radical (unpaired) electrons. The number of likely N-dealkylation sites (tertiary alicyclic amines) is 1. The van der Waals surface area contributed by atoms with E-state index in [9.17, 15) is 4.79 Å². The van der Waals surface area contributed by atoms with Gasteiger partial charge in [-0.1, -0.05) is 27.2 Å². The maximum atomic E-state index is 12.7. The van der Waals surface area contributed by atoms with Gasteiger partial charge in [0.1, 0.15) is 0 Å². The first-order valence-electron chi connectivity index (χ1n) is 8.34. The Kier molecular flexibility index (Phi) is 5.85. The Morgan fingerprint density at radius 3 is 2.70 bits per heavy atom. The van der Waals surface area contributed by atoms with Crippen LogP contribution in [0.1, 0.15) is 46.5 Å². The summed E-state index contributed by atoms with van der Waals surface area (Å²) in [5.74, 6) is 1.03. The van der Waals surface area contributed by atoms with Gasteiger partial charge in [-0.3, -0.25) is 4.79 Å². The second kappa shape index (κ2) is 7.41. The van der Waals surface area contributed by atoms with E-state index in [0.717, 1.165) is 51.9 Å². The molecule has 1 amide bonds. The molecule has 0 spiro atoms. The van der Waals surface area contributed by atoms with Gasteiger partial charge < -0.3 is 15.0 Å². The number of hydrogen-bond acceptors (Lipinski definition) is 3. The summed E-state index contributed by atoms with van der Waals surface area (Å²) in [6, 6.07) is 0.579. The Hall–Kier alpha value is -0.610. The van der Waals surface area contributed by atoms with Crippen molar-refractivity contribution in [2.24, 2.45) is 11.8 Å². The minimum absolute atomic E-state index is 0.105. The summed E-state index contributed by atoms with van der Waals surface area (Å²) in [7, 11) is 0. The van der Waals surface area contributed by atoms with Gasteiger partial charge in [-0.15, -0.1) is 0 Å². The molecule has 0 bridgehead atoms. The Balaban J connectivity index is 1.94. The molecule has 4 atom stereocenters. The van der Waals surface area contributed by atoms with E-state index >= 15 is 0 Å². The minimum Gasteiger partial charge on any atom is -0.377 e. The van der Waals surface area contributed by atoms with Crippen LogP contribution in [0.4, 0.5) is 0 Å². The van der Waals surface area contributed by atoms with Gasteiger partial charge in [-0.2, -0.15) is 0 Å². The summed E-state index contributed by atoms with van der Waals surface area (Å²) in [4.78, 5) is 14.8. The van der Waals surface area contributed by atoms with Gasteiger partial charge in [-0.05, 0) is 31.7 Å². The molecule has 0 aromatic carbocycles. The fourth-order valence-electron chi connectivity index (χ4n) is 3.74. The largest absolute Gasteiger partial charge is 0.377 e. The third kappa shape index (κ3) is 3.34. The first-order valence-corrected chi connectivity index (χ1v) is 8.34. The first kappa shape index (κ1) is 15.8. The van der Waals surface area contributed by atoms with Crippen LogP contribution in [0, 0.1) is 11.8 Å². The van der Waals surface area contributed by atoms with Crippen molar-refractivity contribution >= 4 is 5.91 Å². The molecule has 2 aliphatic heterocycles. The van der Waals surface area contributed by atoms with Crippen molar-refractivity contribution in [3.63, 3.8) is 0 Å². The summed E-state index contributed by atoms with van der Waals surface area (Å²) in [6.45, 7) is 10.1. The molecule has 116 valence electrons.